The first kappa shape index (κ1) is 10.7. The molecule has 0 rings (SSSR count). The van der Waals surface area contributed by atoms with Gasteiger partial charge in [-0.3, -0.25) is 0 Å². The number of carboxylic acid groups (broad SMARTS) is 1. The fourth-order valence-corrected chi connectivity index (χ4v) is 0.747. The van der Waals surface area contributed by atoms with Crippen LogP contribution in [-0.2, 0) is 9.53 Å². The highest BCUT2D eigenvalue weighted by Crippen LogP contribution is 1.96. The molecule has 1 amide bonds. The van der Waals surface area contributed by atoms with Crippen LogP contribution in [0.25, 0.3) is 0 Å². The van der Waals surface area contributed by atoms with E-state index in [9.17, 15) is 9.59 Å². The molecule has 0 aliphatic rings. The second-order valence-corrected chi connectivity index (χ2v) is 2.32. The van der Waals surface area contributed by atoms with E-state index in [1.54, 1.807) is 0 Å². The molecule has 1 atom stereocenters. The van der Waals surface area contributed by atoms with Crippen molar-refractivity contribution in [1.29, 1.82) is 0 Å². The molecule has 0 aromatic heterocycles. The number of alkyl carbamates (subject to hydrolysis) is 1. The van der Waals surface area contributed by atoms with Crippen LogP contribution >= 0.6 is 0 Å². The molecule has 0 saturated carbocycles. The van der Waals surface area contributed by atoms with Gasteiger partial charge >= 0.3 is 12.1 Å². The summed E-state index contributed by atoms with van der Waals surface area (Å²) in [6.45, 7) is 1.84. The Morgan fingerprint density at radius 3 is 2.50 bits per heavy atom. The first-order valence-electron chi connectivity index (χ1n) is 3.69. The zero-order chi connectivity index (χ0) is 9.56. The summed E-state index contributed by atoms with van der Waals surface area (Å²) in [7, 11) is 1.19. The summed E-state index contributed by atoms with van der Waals surface area (Å²) < 4.78 is 4.26. The number of hydrogen-bond donors (Lipinski definition) is 2. The topological polar surface area (TPSA) is 75.6 Å². The van der Waals surface area contributed by atoms with Gasteiger partial charge in [0.05, 0.1) is 7.11 Å². The largest absolute Gasteiger partial charge is 0.480 e. The molecule has 2 N–H and O–H groups in total. The molecule has 0 heterocycles. The normalized spacial score (nSPS) is 11.8. The van der Waals surface area contributed by atoms with Crippen molar-refractivity contribution in [2.45, 2.75) is 25.8 Å². The van der Waals surface area contributed by atoms with Gasteiger partial charge in [-0.1, -0.05) is 13.3 Å². The second kappa shape index (κ2) is 5.40. The molecule has 70 valence electrons. The Labute approximate surface area is 70.7 Å². The van der Waals surface area contributed by atoms with Crippen LogP contribution in [0.15, 0.2) is 0 Å². The van der Waals surface area contributed by atoms with Crippen LogP contribution in [0.2, 0.25) is 0 Å². The van der Waals surface area contributed by atoms with Crippen LogP contribution in [0.5, 0.6) is 0 Å². The molecule has 0 fully saturated rings. The van der Waals surface area contributed by atoms with E-state index in [2.05, 4.69) is 10.1 Å². The van der Waals surface area contributed by atoms with E-state index < -0.39 is 18.1 Å². The van der Waals surface area contributed by atoms with E-state index in [4.69, 9.17) is 5.11 Å². The average molecular weight is 175 g/mol. The molecule has 0 unspecified atom stereocenters. The predicted octanol–water partition coefficient (Wildman–Crippen LogP) is 0.596. The van der Waals surface area contributed by atoms with Crippen molar-refractivity contribution in [3.63, 3.8) is 0 Å². The molecule has 0 saturated heterocycles. The third-order valence-corrected chi connectivity index (χ3v) is 1.35. The zero-order valence-corrected chi connectivity index (χ0v) is 7.16. The number of amides is 1. The van der Waals surface area contributed by atoms with Gasteiger partial charge in [0.2, 0.25) is 0 Å². The molecule has 0 aromatic rings. The number of ether oxygens (including phenoxy) is 1. The molecule has 5 nitrogen and oxygen atoms in total. The zero-order valence-electron chi connectivity index (χ0n) is 7.16. The van der Waals surface area contributed by atoms with Crippen LogP contribution in [0.1, 0.15) is 19.8 Å². The monoisotopic (exact) mass is 175 g/mol. The fourth-order valence-electron chi connectivity index (χ4n) is 0.747. The lowest BCUT2D eigenvalue weighted by molar-refractivity contribution is -0.139. The van der Waals surface area contributed by atoms with E-state index in [1.165, 1.54) is 7.11 Å². The SMILES string of the molecule is CCC[C@H](NC(=O)OC)C(=O)O. The molecule has 0 bridgehead atoms. The smallest absolute Gasteiger partial charge is 0.407 e. The van der Waals surface area contributed by atoms with Crippen molar-refractivity contribution in [3.8, 4) is 0 Å². The van der Waals surface area contributed by atoms with Gasteiger partial charge < -0.3 is 15.2 Å². The summed E-state index contributed by atoms with van der Waals surface area (Å²) in [6.07, 6.45) is 0.390. The van der Waals surface area contributed by atoms with Gasteiger partial charge in [-0.2, -0.15) is 0 Å². The van der Waals surface area contributed by atoms with E-state index in [0.29, 0.717) is 12.8 Å². The van der Waals surface area contributed by atoms with Gasteiger partial charge in [-0.05, 0) is 6.42 Å². The van der Waals surface area contributed by atoms with Crippen LogP contribution in [0, 0.1) is 0 Å². The molecular weight excluding hydrogens is 162 g/mol. The Morgan fingerprint density at radius 2 is 2.17 bits per heavy atom. The van der Waals surface area contributed by atoms with Gasteiger partial charge in [0.1, 0.15) is 6.04 Å². The second-order valence-electron chi connectivity index (χ2n) is 2.32. The maximum Gasteiger partial charge on any atom is 0.407 e. The first-order valence-corrected chi connectivity index (χ1v) is 3.69. The third kappa shape index (κ3) is 3.80. The number of carboxylic acids is 1. The summed E-state index contributed by atoms with van der Waals surface area (Å²) in [4.78, 5) is 21.1. The number of aliphatic carboxylic acids is 1. The van der Waals surface area contributed by atoms with E-state index in [-0.39, 0.29) is 0 Å². The molecule has 0 aliphatic carbocycles. The summed E-state index contributed by atoms with van der Waals surface area (Å²) in [5.74, 6) is -1.04. The number of methoxy groups -OCH3 is 1. The number of nitrogens with one attached hydrogen (secondary N) is 1. The summed E-state index contributed by atoms with van der Waals surface area (Å²) in [5.41, 5.74) is 0. The van der Waals surface area contributed by atoms with E-state index in [0.717, 1.165) is 0 Å². The summed E-state index contributed by atoms with van der Waals surface area (Å²) in [6, 6.07) is -0.845. The van der Waals surface area contributed by atoms with Gasteiger partial charge in [0.25, 0.3) is 0 Å². The minimum atomic E-state index is -1.04. The van der Waals surface area contributed by atoms with Crippen molar-refractivity contribution in [1.82, 2.24) is 5.32 Å². The first-order chi connectivity index (χ1) is 5.61. The predicted molar refractivity (Wildman–Crippen MR) is 41.9 cm³/mol. The van der Waals surface area contributed by atoms with Crippen LogP contribution in [0.4, 0.5) is 4.79 Å². The molecule has 0 aliphatic heterocycles. The Kier molecular flexibility index (Phi) is 4.83. The van der Waals surface area contributed by atoms with Crippen LogP contribution in [-0.4, -0.2) is 30.3 Å². The van der Waals surface area contributed by atoms with Crippen molar-refractivity contribution in [2.75, 3.05) is 7.11 Å². The lowest BCUT2D eigenvalue weighted by Gasteiger charge is -2.11. The fraction of sp³-hybridized carbons (Fsp3) is 0.714. The van der Waals surface area contributed by atoms with Gasteiger partial charge in [0.15, 0.2) is 0 Å². The number of hydrogen-bond acceptors (Lipinski definition) is 3. The van der Waals surface area contributed by atoms with Crippen molar-refractivity contribution in [3.05, 3.63) is 0 Å². The summed E-state index contributed by atoms with van der Waals surface area (Å²) in [5, 5.41) is 10.8. The Hall–Kier alpha value is -1.26. The van der Waals surface area contributed by atoms with Gasteiger partial charge in [-0.15, -0.1) is 0 Å². The highest BCUT2D eigenvalue weighted by Gasteiger charge is 2.18. The molecule has 5 heteroatoms. The lowest BCUT2D eigenvalue weighted by atomic mass is 10.2. The van der Waals surface area contributed by atoms with Gasteiger partial charge in [-0.25, -0.2) is 9.59 Å². The van der Waals surface area contributed by atoms with Crippen LogP contribution < -0.4 is 5.32 Å². The van der Waals surface area contributed by atoms with E-state index >= 15 is 0 Å². The number of rotatable bonds is 4. The highest BCUT2D eigenvalue weighted by atomic mass is 16.5. The number of carbonyl (C=O) groups is 2. The average Bonchev–Trinajstić information content (AvgIpc) is 2.03. The van der Waals surface area contributed by atoms with Crippen molar-refractivity contribution in [2.24, 2.45) is 0 Å². The van der Waals surface area contributed by atoms with E-state index in [1.807, 2.05) is 6.92 Å². The summed E-state index contributed by atoms with van der Waals surface area (Å²) >= 11 is 0. The molecule has 0 radical (unpaired) electrons. The van der Waals surface area contributed by atoms with Crippen molar-refractivity contribution < 1.29 is 19.4 Å². The molecule has 0 spiro atoms. The van der Waals surface area contributed by atoms with Crippen LogP contribution in [0.3, 0.4) is 0 Å². The standard InChI is InChI=1S/C7H13NO4/c1-3-4-5(6(9)10)8-7(11)12-2/h5H,3-4H2,1-2H3,(H,8,11)(H,9,10)/t5-/m0/s1. The Bertz CT molecular complexity index is 167. The Balaban J connectivity index is 3.95. The van der Waals surface area contributed by atoms with Crippen molar-refractivity contribution >= 4 is 12.1 Å². The molecule has 12 heavy (non-hydrogen) atoms. The molecular formula is C7H13NO4. The van der Waals surface area contributed by atoms with Gasteiger partial charge in [0, 0.05) is 0 Å². The third-order valence-electron chi connectivity index (χ3n) is 1.35. The Morgan fingerprint density at radius 1 is 1.58 bits per heavy atom. The highest BCUT2D eigenvalue weighted by molar-refractivity contribution is 5.79. The minimum absolute atomic E-state index is 0.407. The molecule has 0 aromatic carbocycles. The maximum absolute atomic E-state index is 10.6. The maximum atomic E-state index is 10.6. The number of carbonyl (C=O) groups excluding carboxylic acids is 1. The lowest BCUT2D eigenvalue weighted by Crippen LogP contribution is -2.40. The minimum Gasteiger partial charge on any atom is -0.480 e. The quantitative estimate of drug-likeness (QED) is 0.655.